The molecule has 0 aliphatic rings. The highest BCUT2D eigenvalue weighted by atomic mass is 35.5. The Morgan fingerprint density at radius 1 is 1.19 bits per heavy atom. The number of aryl methyl sites for hydroxylation is 1. The number of hydrogen-bond donors (Lipinski definition) is 2. The molecule has 0 aliphatic heterocycles. The molecule has 0 aromatic heterocycles. The molecule has 0 fully saturated rings. The predicted octanol–water partition coefficient (Wildman–Crippen LogP) is 3.74. The number of halogens is 2. The highest BCUT2D eigenvalue weighted by molar-refractivity contribution is 6.33. The maximum atomic E-state index is 13.8. The van der Waals surface area contributed by atoms with Gasteiger partial charge in [0.1, 0.15) is 5.82 Å². The lowest BCUT2D eigenvalue weighted by molar-refractivity contribution is 0.0697. The van der Waals surface area contributed by atoms with Crippen molar-refractivity contribution in [3.05, 3.63) is 63.9 Å². The molecule has 2 rings (SSSR count). The minimum absolute atomic E-state index is 0.00925. The summed E-state index contributed by atoms with van der Waals surface area (Å²) in [6.07, 6.45) is 0. The molecule has 1 amide bonds. The second kappa shape index (κ2) is 5.93. The van der Waals surface area contributed by atoms with Gasteiger partial charge in [-0.3, -0.25) is 4.79 Å². The second-order valence-corrected chi connectivity index (χ2v) is 4.80. The summed E-state index contributed by atoms with van der Waals surface area (Å²) >= 11 is 5.80. The molecule has 2 N–H and O–H groups in total. The van der Waals surface area contributed by atoms with E-state index in [4.69, 9.17) is 16.7 Å². The summed E-state index contributed by atoms with van der Waals surface area (Å²) in [6.45, 7) is 1.56. The molecule has 0 saturated carbocycles. The predicted molar refractivity (Wildman–Crippen MR) is 77.5 cm³/mol. The summed E-state index contributed by atoms with van der Waals surface area (Å²) in [4.78, 5) is 22.8. The van der Waals surface area contributed by atoms with Gasteiger partial charge in [-0.2, -0.15) is 0 Å². The van der Waals surface area contributed by atoms with Gasteiger partial charge in [0, 0.05) is 5.69 Å². The number of carboxylic acids is 1. The van der Waals surface area contributed by atoms with Crippen molar-refractivity contribution in [3.8, 4) is 0 Å². The molecule has 4 nitrogen and oxygen atoms in total. The number of carbonyl (C=O) groups is 2. The number of benzene rings is 2. The van der Waals surface area contributed by atoms with Crippen molar-refractivity contribution in [2.45, 2.75) is 6.92 Å². The third-order valence-electron chi connectivity index (χ3n) is 2.89. The monoisotopic (exact) mass is 307 g/mol. The van der Waals surface area contributed by atoms with Crippen molar-refractivity contribution in [3.63, 3.8) is 0 Å². The first-order valence-corrected chi connectivity index (χ1v) is 6.37. The van der Waals surface area contributed by atoms with Gasteiger partial charge in [-0.1, -0.05) is 23.7 Å². The molecule has 0 heterocycles. The normalized spacial score (nSPS) is 10.2. The summed E-state index contributed by atoms with van der Waals surface area (Å²) in [5, 5.41) is 11.3. The lowest BCUT2D eigenvalue weighted by Crippen LogP contribution is -2.14. The zero-order valence-corrected chi connectivity index (χ0v) is 11.7. The quantitative estimate of drug-likeness (QED) is 0.907. The SMILES string of the molecule is Cc1cccc(C(=O)Nc2ccc(C(=O)O)c(Cl)c2)c1F. The number of carboxylic acid groups (broad SMARTS) is 1. The van der Waals surface area contributed by atoms with E-state index in [1.54, 1.807) is 19.1 Å². The van der Waals surface area contributed by atoms with Crippen molar-refractivity contribution >= 4 is 29.2 Å². The van der Waals surface area contributed by atoms with Crippen LogP contribution in [0.25, 0.3) is 0 Å². The Kier molecular flexibility index (Phi) is 4.23. The number of hydrogen-bond acceptors (Lipinski definition) is 2. The van der Waals surface area contributed by atoms with E-state index in [1.165, 1.54) is 24.3 Å². The van der Waals surface area contributed by atoms with Crippen LogP contribution in [0, 0.1) is 12.7 Å². The lowest BCUT2D eigenvalue weighted by atomic mass is 10.1. The fourth-order valence-electron chi connectivity index (χ4n) is 1.79. The van der Waals surface area contributed by atoms with E-state index in [-0.39, 0.29) is 21.8 Å². The third-order valence-corrected chi connectivity index (χ3v) is 3.21. The average Bonchev–Trinajstić information content (AvgIpc) is 2.41. The van der Waals surface area contributed by atoms with Crippen LogP contribution in [0.4, 0.5) is 10.1 Å². The van der Waals surface area contributed by atoms with Crippen LogP contribution >= 0.6 is 11.6 Å². The highest BCUT2D eigenvalue weighted by Gasteiger charge is 2.15. The number of anilines is 1. The topological polar surface area (TPSA) is 66.4 Å². The van der Waals surface area contributed by atoms with Crippen molar-refractivity contribution in [2.24, 2.45) is 0 Å². The Morgan fingerprint density at radius 3 is 2.52 bits per heavy atom. The molecule has 21 heavy (non-hydrogen) atoms. The zero-order valence-electron chi connectivity index (χ0n) is 11.0. The molecule has 2 aromatic rings. The first kappa shape index (κ1) is 15.0. The molecule has 0 spiro atoms. The Bertz CT molecular complexity index is 731. The standard InChI is InChI=1S/C15H11ClFNO3/c1-8-3-2-4-11(13(8)17)14(19)18-9-5-6-10(15(20)21)12(16)7-9/h2-7H,1H3,(H,18,19)(H,20,21). The summed E-state index contributed by atoms with van der Waals surface area (Å²) in [7, 11) is 0. The van der Waals surface area contributed by atoms with E-state index in [9.17, 15) is 14.0 Å². The van der Waals surface area contributed by atoms with E-state index in [2.05, 4.69) is 5.32 Å². The maximum Gasteiger partial charge on any atom is 0.337 e. The van der Waals surface area contributed by atoms with Gasteiger partial charge >= 0.3 is 5.97 Å². The minimum atomic E-state index is -1.16. The fourth-order valence-corrected chi connectivity index (χ4v) is 2.05. The van der Waals surface area contributed by atoms with Gasteiger partial charge in [0.05, 0.1) is 16.1 Å². The number of carbonyl (C=O) groups excluding carboxylic acids is 1. The molecule has 0 aliphatic carbocycles. The van der Waals surface area contributed by atoms with Crippen molar-refractivity contribution < 1.29 is 19.1 Å². The van der Waals surface area contributed by atoms with Gasteiger partial charge in [0.25, 0.3) is 5.91 Å². The van der Waals surface area contributed by atoms with Gasteiger partial charge in [-0.05, 0) is 36.8 Å². The van der Waals surface area contributed by atoms with E-state index in [1.807, 2.05) is 0 Å². The van der Waals surface area contributed by atoms with E-state index < -0.39 is 17.7 Å². The smallest absolute Gasteiger partial charge is 0.337 e. The van der Waals surface area contributed by atoms with Gasteiger partial charge in [-0.15, -0.1) is 0 Å². The Morgan fingerprint density at radius 2 is 1.90 bits per heavy atom. The van der Waals surface area contributed by atoms with Crippen LogP contribution < -0.4 is 5.32 Å². The van der Waals surface area contributed by atoms with E-state index in [0.29, 0.717) is 5.56 Å². The lowest BCUT2D eigenvalue weighted by Gasteiger charge is -2.08. The number of amides is 1. The highest BCUT2D eigenvalue weighted by Crippen LogP contribution is 2.22. The first-order chi connectivity index (χ1) is 9.90. The molecule has 0 bridgehead atoms. The zero-order chi connectivity index (χ0) is 15.6. The molecule has 0 radical (unpaired) electrons. The molecule has 6 heteroatoms. The maximum absolute atomic E-state index is 13.8. The largest absolute Gasteiger partial charge is 0.478 e. The molecule has 0 unspecified atom stereocenters. The van der Waals surface area contributed by atoms with Crippen LogP contribution in [0.2, 0.25) is 5.02 Å². The number of aromatic carboxylic acids is 1. The molecular formula is C15H11ClFNO3. The summed E-state index contributed by atoms with van der Waals surface area (Å²) < 4.78 is 13.8. The number of nitrogens with one attached hydrogen (secondary N) is 1. The first-order valence-electron chi connectivity index (χ1n) is 5.99. The van der Waals surface area contributed by atoms with Crippen LogP contribution in [0.3, 0.4) is 0 Å². The Balaban J connectivity index is 2.26. The van der Waals surface area contributed by atoms with Crippen LogP contribution in [-0.2, 0) is 0 Å². The van der Waals surface area contributed by atoms with Gasteiger partial charge in [0.15, 0.2) is 0 Å². The summed E-state index contributed by atoms with van der Waals surface area (Å²) in [5.41, 5.74) is 0.489. The minimum Gasteiger partial charge on any atom is -0.478 e. The third kappa shape index (κ3) is 3.20. The molecular weight excluding hydrogens is 297 g/mol. The van der Waals surface area contributed by atoms with Crippen LogP contribution in [0.5, 0.6) is 0 Å². The molecule has 2 aromatic carbocycles. The summed E-state index contributed by atoms with van der Waals surface area (Å²) in [6, 6.07) is 8.47. The average molecular weight is 308 g/mol. The molecule has 0 atom stereocenters. The van der Waals surface area contributed by atoms with Gasteiger partial charge in [0.2, 0.25) is 0 Å². The van der Waals surface area contributed by atoms with Crippen LogP contribution in [-0.4, -0.2) is 17.0 Å². The van der Waals surface area contributed by atoms with E-state index in [0.717, 1.165) is 0 Å². The van der Waals surface area contributed by atoms with Crippen molar-refractivity contribution in [2.75, 3.05) is 5.32 Å². The van der Waals surface area contributed by atoms with E-state index >= 15 is 0 Å². The van der Waals surface area contributed by atoms with Crippen molar-refractivity contribution in [1.82, 2.24) is 0 Å². The second-order valence-electron chi connectivity index (χ2n) is 4.39. The Hall–Kier alpha value is -2.40. The molecule has 0 saturated heterocycles. The van der Waals surface area contributed by atoms with Gasteiger partial charge < -0.3 is 10.4 Å². The van der Waals surface area contributed by atoms with Crippen LogP contribution in [0.15, 0.2) is 36.4 Å². The van der Waals surface area contributed by atoms with Gasteiger partial charge in [-0.25, -0.2) is 9.18 Å². The number of rotatable bonds is 3. The van der Waals surface area contributed by atoms with Crippen molar-refractivity contribution in [1.29, 1.82) is 0 Å². The van der Waals surface area contributed by atoms with Crippen LogP contribution in [0.1, 0.15) is 26.3 Å². The molecule has 108 valence electrons. The fraction of sp³-hybridized carbons (Fsp3) is 0.0667. The summed E-state index contributed by atoms with van der Waals surface area (Å²) in [5.74, 6) is -2.39. The Labute approximate surface area is 125 Å².